The van der Waals surface area contributed by atoms with Crippen molar-refractivity contribution in [1.82, 2.24) is 0 Å². The van der Waals surface area contributed by atoms with E-state index in [1.165, 1.54) is 0 Å². The van der Waals surface area contributed by atoms with Crippen LogP contribution in [0, 0.1) is 5.41 Å². The van der Waals surface area contributed by atoms with E-state index in [-0.39, 0.29) is 11.1 Å². The van der Waals surface area contributed by atoms with Gasteiger partial charge in [0.05, 0.1) is 0 Å². The van der Waals surface area contributed by atoms with Gasteiger partial charge in [-0.25, -0.2) is 0 Å². The summed E-state index contributed by atoms with van der Waals surface area (Å²) in [5.41, 5.74) is 0.329. The number of rotatable bonds is 6. The number of para-hydroxylation sites is 1. The molecule has 0 aliphatic carbocycles. The van der Waals surface area contributed by atoms with E-state index in [1.807, 2.05) is 30.3 Å². The Hall–Kier alpha value is -0.880. The van der Waals surface area contributed by atoms with Crippen molar-refractivity contribution in [2.24, 2.45) is 5.41 Å². The predicted octanol–water partition coefficient (Wildman–Crippen LogP) is 5.41. The van der Waals surface area contributed by atoms with E-state index in [1.54, 1.807) is 0 Å². The Morgan fingerprint density at radius 1 is 1.22 bits per heavy atom. The van der Waals surface area contributed by atoms with Crippen molar-refractivity contribution < 1.29 is 9.09 Å². The quantitative estimate of drug-likeness (QED) is 0.644. The maximum absolute atomic E-state index is 12.3. The summed E-state index contributed by atoms with van der Waals surface area (Å²) in [4.78, 5) is 0. The number of hydrogen-bond acceptors (Lipinski definition) is 2. The molecule has 0 aliphatic heterocycles. The van der Waals surface area contributed by atoms with Crippen LogP contribution in [0.3, 0.4) is 0 Å². The highest BCUT2D eigenvalue weighted by Crippen LogP contribution is 2.40. The van der Waals surface area contributed by atoms with E-state index >= 15 is 0 Å². The third-order valence-electron chi connectivity index (χ3n) is 2.71. The van der Waals surface area contributed by atoms with Crippen molar-refractivity contribution >= 4 is 8.03 Å². The minimum absolute atomic E-state index is 0.144. The van der Waals surface area contributed by atoms with Crippen LogP contribution in [-0.2, 0) is 4.57 Å². The van der Waals surface area contributed by atoms with E-state index in [9.17, 15) is 4.57 Å². The lowest BCUT2D eigenvalue weighted by atomic mass is 9.89. The van der Waals surface area contributed by atoms with Gasteiger partial charge in [0.15, 0.2) is 11.4 Å². The Kier molecular flexibility index (Phi) is 5.81. The Balaban J connectivity index is 2.65. The van der Waals surface area contributed by atoms with Crippen LogP contribution in [0.1, 0.15) is 47.0 Å². The maximum atomic E-state index is 12.3. The minimum Gasteiger partial charge on any atom is -0.254 e. The van der Waals surface area contributed by atoms with Crippen LogP contribution < -0.4 is 4.52 Å². The summed E-state index contributed by atoms with van der Waals surface area (Å²) in [6.45, 7) is 8.67. The zero-order valence-electron chi connectivity index (χ0n) is 11.8. The summed E-state index contributed by atoms with van der Waals surface area (Å²) < 4.78 is 17.9. The molecule has 100 valence electrons. The van der Waals surface area contributed by atoms with E-state index < -0.39 is 8.03 Å². The molecule has 18 heavy (non-hydrogen) atoms. The zero-order valence-corrected chi connectivity index (χ0v) is 12.7. The molecule has 2 unspecified atom stereocenters. The molecule has 0 heterocycles. The molecule has 1 aromatic rings. The third kappa shape index (κ3) is 5.64. The fraction of sp³-hybridized carbons (Fsp3) is 0.600. The second kappa shape index (κ2) is 6.89. The van der Waals surface area contributed by atoms with Crippen molar-refractivity contribution in [1.29, 1.82) is 0 Å². The Bertz CT molecular complexity index is 368. The molecule has 0 saturated carbocycles. The van der Waals surface area contributed by atoms with E-state index in [0.717, 1.165) is 19.3 Å². The molecule has 0 radical (unpaired) electrons. The Morgan fingerprint density at radius 3 is 2.33 bits per heavy atom. The van der Waals surface area contributed by atoms with Gasteiger partial charge in [-0.05, 0) is 28.5 Å². The summed E-state index contributed by atoms with van der Waals surface area (Å²) in [5, 5.41) is 0. The molecule has 0 fully saturated rings. The molecule has 0 N–H and O–H groups in total. The largest absolute Gasteiger partial charge is 0.559 e. The van der Waals surface area contributed by atoms with Gasteiger partial charge in [-0.2, -0.15) is 0 Å². The molecule has 2 nitrogen and oxygen atoms in total. The molecule has 0 aliphatic rings. The van der Waals surface area contributed by atoms with Crippen LogP contribution in [0.25, 0.3) is 0 Å². The van der Waals surface area contributed by atoms with Crippen LogP contribution in [0.15, 0.2) is 30.3 Å². The summed E-state index contributed by atoms with van der Waals surface area (Å²) in [6.07, 6.45) is 2.93. The van der Waals surface area contributed by atoms with Crippen molar-refractivity contribution in [3.63, 3.8) is 0 Å². The van der Waals surface area contributed by atoms with Gasteiger partial charge in [0.2, 0.25) is 0 Å². The SMILES string of the molecule is CCCC(CC(C)(C)C)[P+](=O)Oc1ccccc1. The average molecular weight is 267 g/mol. The smallest absolute Gasteiger partial charge is 0.254 e. The molecule has 0 saturated heterocycles. The standard InChI is InChI=1S/C15H24O2P/c1-5-9-14(12-15(2,3)4)18(16)17-13-10-7-6-8-11-13/h6-8,10-11,14H,5,9,12H2,1-4H3/q+1. The molecule has 0 aromatic heterocycles. The van der Waals surface area contributed by atoms with Crippen LogP contribution >= 0.6 is 8.03 Å². The van der Waals surface area contributed by atoms with Crippen molar-refractivity contribution in [2.75, 3.05) is 0 Å². The highest BCUT2D eigenvalue weighted by molar-refractivity contribution is 7.40. The molecule has 2 atom stereocenters. The zero-order chi connectivity index (χ0) is 13.6. The number of hydrogen-bond donors (Lipinski definition) is 0. The van der Waals surface area contributed by atoms with Gasteiger partial charge >= 0.3 is 8.03 Å². The predicted molar refractivity (Wildman–Crippen MR) is 77.4 cm³/mol. The first kappa shape index (κ1) is 15.2. The average Bonchev–Trinajstić information content (AvgIpc) is 2.28. The monoisotopic (exact) mass is 267 g/mol. The summed E-state index contributed by atoms with van der Waals surface area (Å²) in [5.74, 6) is 0.702. The highest BCUT2D eigenvalue weighted by atomic mass is 31.1. The van der Waals surface area contributed by atoms with Gasteiger partial charge < -0.3 is 0 Å². The minimum atomic E-state index is -1.64. The first-order valence-corrected chi connectivity index (χ1v) is 7.86. The van der Waals surface area contributed by atoms with E-state index in [4.69, 9.17) is 4.52 Å². The molecule has 0 bridgehead atoms. The molecule has 0 spiro atoms. The van der Waals surface area contributed by atoms with Crippen molar-refractivity contribution in [3.05, 3.63) is 30.3 Å². The first-order chi connectivity index (χ1) is 8.42. The van der Waals surface area contributed by atoms with Crippen molar-refractivity contribution in [3.8, 4) is 5.75 Å². The lowest BCUT2D eigenvalue weighted by molar-refractivity contribution is 0.351. The molecular weight excluding hydrogens is 243 g/mol. The topological polar surface area (TPSA) is 26.3 Å². The lowest BCUT2D eigenvalue weighted by Gasteiger charge is -2.19. The summed E-state index contributed by atoms with van der Waals surface area (Å²) in [6, 6.07) is 9.44. The van der Waals surface area contributed by atoms with Gasteiger partial charge in [0, 0.05) is 6.42 Å². The molecule has 1 rings (SSSR count). The molecular formula is C15H24O2P+. The molecule has 1 aromatic carbocycles. The summed E-state index contributed by atoms with van der Waals surface area (Å²) in [7, 11) is -1.64. The van der Waals surface area contributed by atoms with Crippen LogP contribution in [-0.4, -0.2) is 5.66 Å². The third-order valence-corrected chi connectivity index (χ3v) is 4.13. The first-order valence-electron chi connectivity index (χ1n) is 6.62. The van der Waals surface area contributed by atoms with Crippen LogP contribution in [0.2, 0.25) is 0 Å². The van der Waals surface area contributed by atoms with Gasteiger partial charge in [-0.3, -0.25) is 4.52 Å². The lowest BCUT2D eigenvalue weighted by Crippen LogP contribution is -2.16. The van der Waals surface area contributed by atoms with Gasteiger partial charge in [-0.15, -0.1) is 0 Å². The van der Waals surface area contributed by atoms with Gasteiger partial charge in [0.1, 0.15) is 0 Å². The second-order valence-corrected chi connectivity index (χ2v) is 7.38. The highest BCUT2D eigenvalue weighted by Gasteiger charge is 2.36. The fourth-order valence-corrected chi connectivity index (χ4v) is 3.63. The fourth-order valence-electron chi connectivity index (χ4n) is 1.98. The van der Waals surface area contributed by atoms with Gasteiger partial charge in [-0.1, -0.05) is 52.3 Å². The van der Waals surface area contributed by atoms with Crippen LogP contribution in [0.5, 0.6) is 5.75 Å². The normalized spacial score (nSPS) is 14.1. The Labute approximate surface area is 112 Å². The molecule has 0 amide bonds. The summed E-state index contributed by atoms with van der Waals surface area (Å²) >= 11 is 0. The van der Waals surface area contributed by atoms with Crippen LogP contribution in [0.4, 0.5) is 0 Å². The number of benzene rings is 1. The molecule has 3 heteroatoms. The van der Waals surface area contributed by atoms with E-state index in [0.29, 0.717) is 5.75 Å². The second-order valence-electron chi connectivity index (χ2n) is 5.90. The maximum Gasteiger partial charge on any atom is 0.559 e. The Morgan fingerprint density at radius 2 is 1.83 bits per heavy atom. The van der Waals surface area contributed by atoms with Crippen molar-refractivity contribution in [2.45, 2.75) is 52.6 Å². The van der Waals surface area contributed by atoms with E-state index in [2.05, 4.69) is 27.7 Å². The van der Waals surface area contributed by atoms with Gasteiger partial charge in [0.25, 0.3) is 0 Å².